The third-order valence-electron chi connectivity index (χ3n) is 3.98. The number of halogens is 1. The summed E-state index contributed by atoms with van der Waals surface area (Å²) in [6, 6.07) is 12.5. The molecule has 1 N–H and O–H groups in total. The highest BCUT2D eigenvalue weighted by Gasteiger charge is 2.18. The zero-order chi connectivity index (χ0) is 21.2. The van der Waals surface area contributed by atoms with E-state index in [4.69, 9.17) is 25.8 Å². The van der Waals surface area contributed by atoms with Gasteiger partial charge in [-0.05, 0) is 43.2 Å². The van der Waals surface area contributed by atoms with Gasteiger partial charge in [0.05, 0.1) is 7.11 Å². The van der Waals surface area contributed by atoms with Crippen LogP contribution >= 0.6 is 11.6 Å². The van der Waals surface area contributed by atoms with Crippen molar-refractivity contribution in [2.75, 3.05) is 13.7 Å². The van der Waals surface area contributed by atoms with Crippen molar-refractivity contribution in [1.29, 1.82) is 0 Å². The molecule has 2 rings (SSSR count). The molecule has 0 aromatic heterocycles. The van der Waals surface area contributed by atoms with E-state index in [2.05, 4.69) is 5.32 Å². The van der Waals surface area contributed by atoms with Crippen molar-refractivity contribution in [2.24, 2.45) is 0 Å². The molecule has 0 heterocycles. The Morgan fingerprint density at radius 2 is 1.93 bits per heavy atom. The molecule has 2 aromatic carbocycles. The molecule has 2 aromatic rings. The van der Waals surface area contributed by atoms with Crippen molar-refractivity contribution < 1.29 is 23.8 Å². The molecule has 0 radical (unpaired) electrons. The van der Waals surface area contributed by atoms with Gasteiger partial charge in [0.15, 0.2) is 24.2 Å². The number of carbonyl (C=O) groups is 2. The van der Waals surface area contributed by atoms with Gasteiger partial charge in [0.25, 0.3) is 5.91 Å². The second-order valence-corrected chi connectivity index (χ2v) is 6.55. The first-order valence-electron chi connectivity index (χ1n) is 9.08. The lowest BCUT2D eigenvalue weighted by atomic mass is 10.2. The Hall–Kier alpha value is -2.99. The van der Waals surface area contributed by atoms with Gasteiger partial charge in [-0.3, -0.25) is 4.79 Å². The summed E-state index contributed by atoms with van der Waals surface area (Å²) in [6.45, 7) is 3.30. The SMILES string of the molecule is C/C=C/c1ccc(OCC(=O)O[C@H](C)C(=O)NCc2ccccc2Cl)c(OC)c1. The number of esters is 1. The fraction of sp³-hybridized carbons (Fsp3) is 0.273. The van der Waals surface area contributed by atoms with Crippen molar-refractivity contribution in [2.45, 2.75) is 26.5 Å². The van der Waals surface area contributed by atoms with Crippen LogP contribution in [0.1, 0.15) is 25.0 Å². The van der Waals surface area contributed by atoms with Crippen LogP contribution < -0.4 is 14.8 Å². The standard InChI is InChI=1S/C22H24ClNO5/c1-4-7-16-10-11-19(20(12-16)27-3)28-14-21(25)29-15(2)22(26)24-13-17-8-5-6-9-18(17)23/h4-12,15H,13-14H2,1-3H3,(H,24,26)/b7-4+/t15-/m1/s1. The highest BCUT2D eigenvalue weighted by atomic mass is 35.5. The number of carbonyl (C=O) groups excluding carboxylic acids is 2. The zero-order valence-corrected chi connectivity index (χ0v) is 17.4. The van der Waals surface area contributed by atoms with Gasteiger partial charge in [-0.15, -0.1) is 0 Å². The Balaban J connectivity index is 1.84. The molecule has 0 saturated heterocycles. The number of nitrogens with one attached hydrogen (secondary N) is 1. The van der Waals surface area contributed by atoms with E-state index >= 15 is 0 Å². The van der Waals surface area contributed by atoms with Crippen LogP contribution in [0, 0.1) is 0 Å². The summed E-state index contributed by atoms with van der Waals surface area (Å²) < 4.78 is 15.9. The van der Waals surface area contributed by atoms with Crippen LogP contribution in [0.2, 0.25) is 5.02 Å². The van der Waals surface area contributed by atoms with Crippen molar-refractivity contribution in [1.82, 2.24) is 5.32 Å². The third kappa shape index (κ3) is 6.84. The van der Waals surface area contributed by atoms with Crippen molar-refractivity contribution in [3.8, 4) is 11.5 Å². The summed E-state index contributed by atoms with van der Waals surface area (Å²) in [5.41, 5.74) is 1.72. The third-order valence-corrected chi connectivity index (χ3v) is 4.35. The number of hydrogen-bond donors (Lipinski definition) is 1. The highest BCUT2D eigenvalue weighted by Crippen LogP contribution is 2.28. The Bertz CT molecular complexity index is 881. The first-order chi connectivity index (χ1) is 13.9. The number of benzene rings is 2. The van der Waals surface area contributed by atoms with E-state index in [0.29, 0.717) is 16.5 Å². The molecule has 154 valence electrons. The predicted octanol–water partition coefficient (Wildman–Crippen LogP) is 4.01. The average molecular weight is 418 g/mol. The van der Waals surface area contributed by atoms with E-state index in [1.165, 1.54) is 14.0 Å². The number of ether oxygens (including phenoxy) is 3. The second-order valence-electron chi connectivity index (χ2n) is 6.14. The summed E-state index contributed by atoms with van der Waals surface area (Å²) in [5.74, 6) is -0.177. The molecule has 0 spiro atoms. The molecule has 1 amide bonds. The zero-order valence-electron chi connectivity index (χ0n) is 16.6. The maximum Gasteiger partial charge on any atom is 0.344 e. The maximum atomic E-state index is 12.1. The molecule has 1 atom stereocenters. The van der Waals surface area contributed by atoms with Crippen LogP contribution in [0.5, 0.6) is 11.5 Å². The number of allylic oxidation sites excluding steroid dienone is 1. The number of rotatable bonds is 9. The minimum Gasteiger partial charge on any atom is -0.493 e. The normalized spacial score (nSPS) is 11.7. The number of hydrogen-bond acceptors (Lipinski definition) is 5. The molecule has 0 aliphatic carbocycles. The summed E-state index contributed by atoms with van der Waals surface area (Å²) in [7, 11) is 1.52. The van der Waals surface area contributed by atoms with Crippen molar-refractivity contribution in [3.63, 3.8) is 0 Å². The van der Waals surface area contributed by atoms with Crippen LogP contribution in [0.3, 0.4) is 0 Å². The fourth-order valence-electron chi connectivity index (χ4n) is 2.49. The van der Waals surface area contributed by atoms with Gasteiger partial charge >= 0.3 is 5.97 Å². The lowest BCUT2D eigenvalue weighted by Gasteiger charge is -2.15. The smallest absolute Gasteiger partial charge is 0.344 e. The van der Waals surface area contributed by atoms with Crippen LogP contribution in [0.15, 0.2) is 48.5 Å². The molecule has 0 unspecified atom stereocenters. The van der Waals surface area contributed by atoms with Gasteiger partial charge in [0.2, 0.25) is 0 Å². The van der Waals surface area contributed by atoms with Crippen molar-refractivity contribution >= 4 is 29.6 Å². The van der Waals surface area contributed by atoms with E-state index < -0.39 is 18.0 Å². The number of amides is 1. The quantitative estimate of drug-likeness (QED) is 0.624. The van der Waals surface area contributed by atoms with Crippen LogP contribution in [-0.2, 0) is 20.9 Å². The lowest BCUT2D eigenvalue weighted by molar-refractivity contribution is -0.156. The first kappa shape index (κ1) is 22.3. The molecule has 29 heavy (non-hydrogen) atoms. The van der Waals surface area contributed by atoms with Gasteiger partial charge in [0, 0.05) is 11.6 Å². The summed E-state index contributed by atoms with van der Waals surface area (Å²) in [4.78, 5) is 24.2. The molecule has 6 nitrogen and oxygen atoms in total. The molecular formula is C22H24ClNO5. The lowest BCUT2D eigenvalue weighted by Crippen LogP contribution is -2.36. The Labute approximate surface area is 175 Å². The predicted molar refractivity (Wildman–Crippen MR) is 112 cm³/mol. The maximum absolute atomic E-state index is 12.1. The van der Waals surface area contributed by atoms with E-state index in [9.17, 15) is 9.59 Å². The van der Waals surface area contributed by atoms with Crippen LogP contribution in [-0.4, -0.2) is 31.7 Å². The fourth-order valence-corrected chi connectivity index (χ4v) is 2.69. The molecule has 7 heteroatoms. The van der Waals surface area contributed by atoms with E-state index in [1.54, 1.807) is 24.3 Å². The van der Waals surface area contributed by atoms with E-state index in [-0.39, 0.29) is 13.2 Å². The summed E-state index contributed by atoms with van der Waals surface area (Å²) in [6.07, 6.45) is 2.86. The van der Waals surface area contributed by atoms with Crippen LogP contribution in [0.4, 0.5) is 0 Å². The molecule has 0 aliphatic heterocycles. The average Bonchev–Trinajstić information content (AvgIpc) is 2.72. The first-order valence-corrected chi connectivity index (χ1v) is 9.46. The Morgan fingerprint density at radius 1 is 1.17 bits per heavy atom. The van der Waals surface area contributed by atoms with Gasteiger partial charge in [-0.2, -0.15) is 0 Å². The topological polar surface area (TPSA) is 73.9 Å². The Morgan fingerprint density at radius 3 is 2.62 bits per heavy atom. The van der Waals surface area contributed by atoms with Gasteiger partial charge in [-0.1, -0.05) is 48.0 Å². The van der Waals surface area contributed by atoms with Crippen LogP contribution in [0.25, 0.3) is 6.08 Å². The minimum atomic E-state index is -0.965. The Kier molecular flexibility index (Phi) is 8.55. The monoisotopic (exact) mass is 417 g/mol. The van der Waals surface area contributed by atoms with Gasteiger partial charge in [-0.25, -0.2) is 4.79 Å². The molecule has 0 bridgehead atoms. The molecule has 0 fully saturated rings. The largest absolute Gasteiger partial charge is 0.493 e. The molecule has 0 aliphatic rings. The summed E-state index contributed by atoms with van der Waals surface area (Å²) in [5, 5.41) is 3.24. The molecular weight excluding hydrogens is 394 g/mol. The summed E-state index contributed by atoms with van der Waals surface area (Å²) >= 11 is 6.06. The molecule has 0 saturated carbocycles. The van der Waals surface area contributed by atoms with Gasteiger partial charge < -0.3 is 19.5 Å². The minimum absolute atomic E-state index is 0.243. The van der Waals surface area contributed by atoms with E-state index in [0.717, 1.165) is 11.1 Å². The van der Waals surface area contributed by atoms with Crippen molar-refractivity contribution in [3.05, 3.63) is 64.7 Å². The highest BCUT2D eigenvalue weighted by molar-refractivity contribution is 6.31. The van der Waals surface area contributed by atoms with Gasteiger partial charge in [0.1, 0.15) is 0 Å². The van der Waals surface area contributed by atoms with E-state index in [1.807, 2.05) is 37.3 Å². The second kappa shape index (κ2) is 11.1. The number of methoxy groups -OCH3 is 1.